The van der Waals surface area contributed by atoms with Crippen LogP contribution in [0, 0.1) is 11.8 Å². The molecule has 0 aromatic carbocycles. The highest BCUT2D eigenvalue weighted by Gasteiger charge is 2.43. The predicted molar refractivity (Wildman–Crippen MR) is 215 cm³/mol. The fourth-order valence-corrected chi connectivity index (χ4v) is 8.97. The van der Waals surface area contributed by atoms with Crippen molar-refractivity contribution in [1.29, 1.82) is 0 Å². The monoisotopic (exact) mass is 892 g/mol. The summed E-state index contributed by atoms with van der Waals surface area (Å²) in [6, 6.07) is -2.23. The molecule has 0 aliphatic heterocycles. The molecule has 23 nitrogen and oxygen atoms in total. The lowest BCUT2D eigenvalue weighted by Crippen LogP contribution is -2.50. The second kappa shape index (κ2) is 25.1. The average molecular weight is 893 g/mol. The lowest BCUT2D eigenvalue weighted by Gasteiger charge is -2.36. The number of carbonyl (C=O) groups excluding carboxylic acids is 5. The van der Waals surface area contributed by atoms with Gasteiger partial charge in [-0.3, -0.25) is 43.2 Å². The fourth-order valence-electron chi connectivity index (χ4n) is 6.11. The third kappa shape index (κ3) is 16.6. The lowest BCUT2D eigenvalue weighted by molar-refractivity contribution is -0.140. The van der Waals surface area contributed by atoms with Gasteiger partial charge in [-0.05, 0) is 37.8 Å². The van der Waals surface area contributed by atoms with Gasteiger partial charge in [-0.1, -0.05) is 6.42 Å². The van der Waals surface area contributed by atoms with E-state index in [1.807, 2.05) is 0 Å². The Bertz CT molecular complexity index is 1740. The number of nitrogens with one attached hydrogen (secondary N) is 4. The Morgan fingerprint density at radius 2 is 1.18 bits per heavy atom. The molecule has 0 saturated heterocycles. The summed E-state index contributed by atoms with van der Waals surface area (Å²) in [5, 5.41) is 44.4. The van der Waals surface area contributed by atoms with Crippen molar-refractivity contribution >= 4 is 76.8 Å². The quantitative estimate of drug-likeness (QED) is 0.0501. The van der Waals surface area contributed by atoms with Gasteiger partial charge in [0.15, 0.2) is 0 Å². The Labute approximate surface area is 356 Å². The highest BCUT2D eigenvalue weighted by atomic mass is 32.2. The molecule has 12 N–H and O–H groups in total. The average Bonchev–Trinajstić information content (AvgIpc) is 3.23. The van der Waals surface area contributed by atoms with E-state index in [0.717, 1.165) is 23.5 Å². The largest absolute Gasteiger partial charge is 0.480 e. The molecule has 4 amide bonds. The van der Waals surface area contributed by atoms with E-state index in [1.54, 1.807) is 12.1 Å². The van der Waals surface area contributed by atoms with Gasteiger partial charge in [-0.2, -0.15) is 0 Å². The van der Waals surface area contributed by atoms with Crippen LogP contribution in [0.2, 0.25) is 0 Å². The van der Waals surface area contributed by atoms with Gasteiger partial charge in [0, 0.05) is 54.8 Å². The number of nitrogens with two attached hydrogens (primary N) is 2. The molecule has 8 atom stereocenters. The number of rotatable bonds is 26. The molecule has 61 heavy (non-hydrogen) atoms. The number of carbonyl (C=O) groups is 9. The van der Waals surface area contributed by atoms with Crippen molar-refractivity contribution in [3.05, 3.63) is 48.6 Å². The molecule has 1 aliphatic carbocycles. The first-order valence-electron chi connectivity index (χ1n) is 18.8. The smallest absolute Gasteiger partial charge is 0.322 e. The van der Waals surface area contributed by atoms with Crippen LogP contribution in [0.25, 0.3) is 0 Å². The highest BCUT2D eigenvalue weighted by molar-refractivity contribution is 7.99. The summed E-state index contributed by atoms with van der Waals surface area (Å²) in [5.74, 6) is -10.5. The molecule has 0 spiro atoms. The van der Waals surface area contributed by atoms with Crippen LogP contribution in [0.3, 0.4) is 0 Å². The zero-order valence-corrected chi connectivity index (χ0v) is 34.2. The molecule has 2 aromatic rings. The van der Waals surface area contributed by atoms with Gasteiger partial charge in [0.1, 0.15) is 55.2 Å². The number of amides is 4. The molecule has 1 saturated carbocycles. The molecule has 25 heteroatoms. The summed E-state index contributed by atoms with van der Waals surface area (Å²) in [6.07, 6.45) is 5.65. The number of ketones is 1. The second-order valence-corrected chi connectivity index (χ2v) is 16.1. The van der Waals surface area contributed by atoms with Gasteiger partial charge in [0.25, 0.3) is 0 Å². The summed E-state index contributed by atoms with van der Waals surface area (Å²) in [7, 11) is 0. The van der Waals surface area contributed by atoms with Crippen LogP contribution in [-0.4, -0.2) is 142 Å². The fraction of sp³-hybridized carbons (Fsp3) is 0.528. The first kappa shape index (κ1) is 49.6. The van der Waals surface area contributed by atoms with E-state index in [1.165, 1.54) is 24.9 Å². The highest BCUT2D eigenvalue weighted by Crippen LogP contribution is 2.48. The molecule has 1 aliphatic rings. The molecule has 0 bridgehead atoms. The molecule has 0 radical (unpaired) electrons. The summed E-state index contributed by atoms with van der Waals surface area (Å²) in [4.78, 5) is 129. The van der Waals surface area contributed by atoms with Crippen molar-refractivity contribution in [1.82, 2.24) is 41.2 Å². The van der Waals surface area contributed by atoms with Crippen LogP contribution in [-0.2, 0) is 43.2 Å². The molecule has 1 fully saturated rings. The molecular formula is C36H48N10O13S2. The summed E-state index contributed by atoms with van der Waals surface area (Å²) in [5.41, 5.74) is 11.5. The van der Waals surface area contributed by atoms with Crippen LogP contribution in [0.1, 0.15) is 67.0 Å². The van der Waals surface area contributed by atoms with E-state index < -0.39 is 107 Å². The third-order valence-corrected chi connectivity index (χ3v) is 12.1. The third-order valence-electron chi connectivity index (χ3n) is 9.24. The maximum Gasteiger partial charge on any atom is 0.322 e. The molecule has 4 unspecified atom stereocenters. The first-order valence-corrected chi connectivity index (χ1v) is 20.9. The van der Waals surface area contributed by atoms with Crippen LogP contribution < -0.4 is 32.7 Å². The van der Waals surface area contributed by atoms with Gasteiger partial charge >= 0.3 is 23.9 Å². The van der Waals surface area contributed by atoms with Crippen LogP contribution >= 0.6 is 23.5 Å². The van der Waals surface area contributed by atoms with E-state index in [0.29, 0.717) is 25.0 Å². The Hall–Kier alpha value is -5.79. The van der Waals surface area contributed by atoms with E-state index >= 15 is 0 Å². The molecule has 332 valence electrons. The van der Waals surface area contributed by atoms with Crippen molar-refractivity contribution < 1.29 is 63.6 Å². The Kier molecular flexibility index (Phi) is 20.4. The number of nitrogens with zero attached hydrogens (tertiary/aromatic N) is 4. The predicted octanol–water partition coefficient (Wildman–Crippen LogP) is -1.74. The van der Waals surface area contributed by atoms with Crippen molar-refractivity contribution in [2.24, 2.45) is 23.3 Å². The standard InChI is InChI=1S/C36H48N10O13S2/c37-20(35(56)57)5-7-25(47)45-23(33(54)42-13-27(49)50)15-60-30(22-9-12-39-17-44-22)18-3-1-4-19(29(18)53)31(32-40-10-2-11-41-32)61-16-24(34(55)43-14-28(51)52)46-26(48)8-6-21(38)36(58)59/h2,9-12,17-21,23-24,30-31H,1,3-8,13-16,37-38H2,(H,42,54)(H,43,55)(H,45,47)(H,46,48)(H,49,50)(H,51,52)(H,56,57)(H,58,59)/t18?,19?,20-,21+,23-,24-,30?,31?/m0/s1. The molecular weight excluding hydrogens is 845 g/mol. The van der Waals surface area contributed by atoms with Gasteiger partial charge in [-0.15, -0.1) is 23.5 Å². The normalized spacial score (nSPS) is 17.9. The summed E-state index contributed by atoms with van der Waals surface area (Å²) >= 11 is 2.16. The molecule has 2 aromatic heterocycles. The number of hydrogen-bond donors (Lipinski definition) is 10. The van der Waals surface area contributed by atoms with E-state index in [9.17, 15) is 43.2 Å². The second-order valence-electron chi connectivity index (χ2n) is 13.7. The van der Waals surface area contributed by atoms with Crippen LogP contribution in [0.4, 0.5) is 0 Å². The number of aromatic nitrogens is 4. The first-order chi connectivity index (χ1) is 29.0. The minimum Gasteiger partial charge on any atom is -0.480 e. The minimum absolute atomic E-state index is 0.185. The van der Waals surface area contributed by atoms with Gasteiger partial charge in [0.2, 0.25) is 23.6 Å². The SMILES string of the molecule is N[C@H](CCC(=O)N[C@@H](CSC(c1ncccn1)C1CCCC(C(SC[C@H](NC(=O)CC[C@H](N)C(=O)O)C(=O)NCC(=O)O)c2ccncn2)C1=O)C(=O)NCC(=O)O)C(=O)O. The number of Topliss-reactive ketones (excluding diaryl/α,β-unsaturated/α-hetero) is 1. The van der Waals surface area contributed by atoms with Crippen molar-refractivity contribution in [2.45, 2.75) is 79.6 Å². The minimum atomic E-state index is -1.35. The van der Waals surface area contributed by atoms with Crippen LogP contribution in [0.5, 0.6) is 0 Å². The molecule has 2 heterocycles. The topological polar surface area (TPSA) is 386 Å². The molecule has 3 rings (SSSR count). The number of hydrogen-bond acceptors (Lipinski definition) is 17. The number of thioether (sulfide) groups is 2. The zero-order valence-electron chi connectivity index (χ0n) is 32.6. The maximum absolute atomic E-state index is 14.8. The van der Waals surface area contributed by atoms with E-state index in [-0.39, 0.29) is 48.8 Å². The maximum atomic E-state index is 14.8. The van der Waals surface area contributed by atoms with Crippen molar-refractivity contribution in [3.8, 4) is 0 Å². The van der Waals surface area contributed by atoms with Crippen LogP contribution in [0.15, 0.2) is 37.1 Å². The van der Waals surface area contributed by atoms with Gasteiger partial charge < -0.3 is 53.2 Å². The summed E-state index contributed by atoms with van der Waals surface area (Å²) in [6.45, 7) is -1.52. The number of carboxylic acid groups (broad SMARTS) is 4. The lowest BCUT2D eigenvalue weighted by atomic mass is 9.76. The Balaban J connectivity index is 1.92. The van der Waals surface area contributed by atoms with E-state index in [2.05, 4.69) is 41.2 Å². The summed E-state index contributed by atoms with van der Waals surface area (Å²) < 4.78 is 0. The number of carboxylic acids is 4. The Morgan fingerprint density at radius 3 is 1.62 bits per heavy atom. The van der Waals surface area contributed by atoms with Crippen molar-refractivity contribution in [3.63, 3.8) is 0 Å². The van der Waals surface area contributed by atoms with E-state index in [4.69, 9.17) is 31.9 Å². The van der Waals surface area contributed by atoms with Gasteiger partial charge in [-0.25, -0.2) is 19.9 Å². The Morgan fingerprint density at radius 1 is 0.705 bits per heavy atom. The zero-order chi connectivity index (χ0) is 45.1. The van der Waals surface area contributed by atoms with Crippen molar-refractivity contribution in [2.75, 3.05) is 24.6 Å². The number of aliphatic carboxylic acids is 4. The van der Waals surface area contributed by atoms with Gasteiger partial charge in [0.05, 0.1) is 16.2 Å².